The molecule has 17 heavy (non-hydrogen) atoms. The average molecular weight is 245 g/mol. The van der Waals surface area contributed by atoms with Crippen molar-refractivity contribution in [2.24, 2.45) is 0 Å². The van der Waals surface area contributed by atoms with E-state index in [2.05, 4.69) is 10.1 Å². The molecule has 0 aliphatic heterocycles. The van der Waals surface area contributed by atoms with Crippen molar-refractivity contribution in [1.82, 2.24) is 14.6 Å². The minimum Gasteiger partial charge on any atom is -0.388 e. The number of hydrogen-bond donors (Lipinski definition) is 1. The molecular weight excluding hydrogens is 235 g/mol. The lowest BCUT2D eigenvalue weighted by atomic mass is 10.1. The molecule has 4 nitrogen and oxygen atoms in total. The molecule has 0 amide bonds. The highest BCUT2D eigenvalue weighted by Gasteiger charge is 2.28. The standard InChI is InChI=1S/C10H10F3N3O/c11-10(12,13)2-1-9(17)7-5-15-16-4-3-14-6-8(7)16/h3-6,9,17H,1-2H2. The van der Waals surface area contributed by atoms with E-state index in [0.29, 0.717) is 11.1 Å². The molecular formula is C10H10F3N3O. The van der Waals surface area contributed by atoms with Crippen LogP contribution in [-0.2, 0) is 0 Å². The Bertz CT molecular complexity index is 509. The first-order valence-electron chi connectivity index (χ1n) is 4.99. The fourth-order valence-corrected chi connectivity index (χ4v) is 1.57. The molecule has 0 aliphatic rings. The molecule has 0 aliphatic carbocycles. The number of aliphatic hydroxyl groups excluding tert-OH is 1. The van der Waals surface area contributed by atoms with Gasteiger partial charge in [0.05, 0.1) is 24.0 Å². The second-order valence-corrected chi connectivity index (χ2v) is 3.68. The van der Waals surface area contributed by atoms with Gasteiger partial charge < -0.3 is 5.11 Å². The van der Waals surface area contributed by atoms with Crippen LogP contribution in [0.25, 0.3) is 5.52 Å². The molecule has 1 N–H and O–H groups in total. The Kier molecular flexibility index (Phi) is 3.01. The smallest absolute Gasteiger partial charge is 0.388 e. The summed E-state index contributed by atoms with van der Waals surface area (Å²) in [4.78, 5) is 3.84. The normalized spacial score (nSPS) is 14.1. The molecule has 0 spiro atoms. The Balaban J connectivity index is 2.16. The number of alkyl halides is 3. The topological polar surface area (TPSA) is 50.4 Å². The highest BCUT2D eigenvalue weighted by molar-refractivity contribution is 5.52. The molecule has 1 atom stereocenters. The van der Waals surface area contributed by atoms with Crippen molar-refractivity contribution in [1.29, 1.82) is 0 Å². The Hall–Kier alpha value is -1.63. The predicted octanol–water partition coefficient (Wildman–Crippen LogP) is 2.11. The summed E-state index contributed by atoms with van der Waals surface area (Å²) in [5.74, 6) is 0. The molecule has 0 bridgehead atoms. The zero-order chi connectivity index (χ0) is 12.5. The van der Waals surface area contributed by atoms with Gasteiger partial charge in [-0.25, -0.2) is 4.52 Å². The van der Waals surface area contributed by atoms with Gasteiger partial charge >= 0.3 is 6.18 Å². The average Bonchev–Trinajstić information content (AvgIpc) is 2.68. The largest absolute Gasteiger partial charge is 0.389 e. The van der Waals surface area contributed by atoms with Crippen molar-refractivity contribution in [2.45, 2.75) is 25.1 Å². The number of aliphatic hydroxyl groups is 1. The summed E-state index contributed by atoms with van der Waals surface area (Å²) in [6.07, 6.45) is -0.954. The molecule has 2 rings (SSSR count). The summed E-state index contributed by atoms with van der Waals surface area (Å²) in [6.45, 7) is 0. The van der Waals surface area contributed by atoms with Gasteiger partial charge in [0.25, 0.3) is 0 Å². The quantitative estimate of drug-likeness (QED) is 0.900. The van der Waals surface area contributed by atoms with Gasteiger partial charge in [0.1, 0.15) is 0 Å². The molecule has 2 aromatic heterocycles. The van der Waals surface area contributed by atoms with Gasteiger partial charge in [-0.3, -0.25) is 4.98 Å². The Morgan fingerprint density at radius 2 is 2.12 bits per heavy atom. The van der Waals surface area contributed by atoms with Crippen LogP contribution in [0.3, 0.4) is 0 Å². The lowest BCUT2D eigenvalue weighted by Gasteiger charge is -2.10. The van der Waals surface area contributed by atoms with E-state index >= 15 is 0 Å². The number of rotatable bonds is 3. The third-order valence-electron chi connectivity index (χ3n) is 2.41. The summed E-state index contributed by atoms with van der Waals surface area (Å²) >= 11 is 0. The first kappa shape index (κ1) is 11.8. The summed E-state index contributed by atoms with van der Waals surface area (Å²) < 4.78 is 37.5. The third-order valence-corrected chi connectivity index (χ3v) is 2.41. The van der Waals surface area contributed by atoms with Crippen LogP contribution in [-0.4, -0.2) is 25.9 Å². The molecule has 0 fully saturated rings. The van der Waals surface area contributed by atoms with Crippen molar-refractivity contribution in [3.05, 3.63) is 30.4 Å². The van der Waals surface area contributed by atoms with Crippen LogP contribution in [0.5, 0.6) is 0 Å². The maximum atomic E-state index is 12.0. The summed E-state index contributed by atoms with van der Waals surface area (Å²) in [5.41, 5.74) is 0.879. The van der Waals surface area contributed by atoms with E-state index < -0.39 is 18.7 Å². The van der Waals surface area contributed by atoms with Gasteiger partial charge in [-0.05, 0) is 6.42 Å². The zero-order valence-corrected chi connectivity index (χ0v) is 8.72. The second-order valence-electron chi connectivity index (χ2n) is 3.68. The van der Waals surface area contributed by atoms with Crippen LogP contribution in [0.1, 0.15) is 24.5 Å². The fraction of sp³-hybridized carbons (Fsp3) is 0.400. The van der Waals surface area contributed by atoms with E-state index in [0.717, 1.165) is 0 Å². The van der Waals surface area contributed by atoms with Crippen LogP contribution in [0.2, 0.25) is 0 Å². The fourth-order valence-electron chi connectivity index (χ4n) is 1.57. The molecule has 92 valence electrons. The number of fused-ring (bicyclic) bond motifs is 1. The molecule has 1 unspecified atom stereocenters. The van der Waals surface area contributed by atoms with Crippen LogP contribution in [0.15, 0.2) is 24.8 Å². The van der Waals surface area contributed by atoms with Crippen molar-refractivity contribution in [2.75, 3.05) is 0 Å². The molecule has 0 saturated heterocycles. The Labute approximate surface area is 94.7 Å². The molecule has 0 saturated carbocycles. The lowest BCUT2D eigenvalue weighted by molar-refractivity contribution is -0.140. The van der Waals surface area contributed by atoms with Crippen LogP contribution in [0, 0.1) is 0 Å². The molecule has 0 radical (unpaired) electrons. The van der Waals surface area contributed by atoms with E-state index in [9.17, 15) is 18.3 Å². The molecule has 7 heteroatoms. The Morgan fingerprint density at radius 1 is 1.35 bits per heavy atom. The van der Waals surface area contributed by atoms with Gasteiger partial charge in [0.2, 0.25) is 0 Å². The van der Waals surface area contributed by atoms with Crippen molar-refractivity contribution in [3.8, 4) is 0 Å². The molecule has 0 aromatic carbocycles. The monoisotopic (exact) mass is 245 g/mol. The highest BCUT2D eigenvalue weighted by Crippen LogP contribution is 2.28. The maximum absolute atomic E-state index is 12.0. The van der Waals surface area contributed by atoms with Gasteiger partial charge in [-0.2, -0.15) is 18.3 Å². The third kappa shape index (κ3) is 2.73. The number of halogens is 3. The van der Waals surface area contributed by atoms with Gasteiger partial charge in [-0.1, -0.05) is 0 Å². The van der Waals surface area contributed by atoms with Crippen LogP contribution in [0.4, 0.5) is 13.2 Å². The minimum absolute atomic E-state index is 0.363. The maximum Gasteiger partial charge on any atom is 0.389 e. The Morgan fingerprint density at radius 3 is 2.82 bits per heavy atom. The van der Waals surface area contributed by atoms with Crippen molar-refractivity contribution >= 4 is 5.52 Å². The molecule has 2 aromatic rings. The van der Waals surface area contributed by atoms with E-state index in [1.807, 2.05) is 0 Å². The van der Waals surface area contributed by atoms with E-state index in [1.54, 1.807) is 6.20 Å². The van der Waals surface area contributed by atoms with E-state index in [1.165, 1.54) is 23.1 Å². The summed E-state index contributed by atoms with van der Waals surface area (Å²) in [5, 5.41) is 13.6. The molecule has 2 heterocycles. The van der Waals surface area contributed by atoms with Gasteiger partial charge in [-0.15, -0.1) is 0 Å². The first-order chi connectivity index (χ1) is 7.97. The van der Waals surface area contributed by atoms with Crippen molar-refractivity contribution in [3.63, 3.8) is 0 Å². The first-order valence-corrected chi connectivity index (χ1v) is 4.99. The predicted molar refractivity (Wildman–Crippen MR) is 53.2 cm³/mol. The van der Waals surface area contributed by atoms with E-state index in [4.69, 9.17) is 0 Å². The zero-order valence-electron chi connectivity index (χ0n) is 8.72. The number of nitrogens with zero attached hydrogens (tertiary/aromatic N) is 3. The summed E-state index contributed by atoms with van der Waals surface area (Å²) in [7, 11) is 0. The van der Waals surface area contributed by atoms with Crippen LogP contribution >= 0.6 is 0 Å². The SMILES string of the molecule is OC(CCC(F)(F)F)c1cnn2ccncc12. The second kappa shape index (κ2) is 4.33. The van der Waals surface area contributed by atoms with Crippen LogP contribution < -0.4 is 0 Å². The van der Waals surface area contributed by atoms with Gasteiger partial charge in [0.15, 0.2) is 0 Å². The lowest BCUT2D eigenvalue weighted by Crippen LogP contribution is -2.10. The summed E-state index contributed by atoms with van der Waals surface area (Å²) in [6, 6.07) is 0. The van der Waals surface area contributed by atoms with Crippen molar-refractivity contribution < 1.29 is 18.3 Å². The highest BCUT2D eigenvalue weighted by atomic mass is 19.4. The number of hydrogen-bond acceptors (Lipinski definition) is 3. The van der Waals surface area contributed by atoms with Gasteiger partial charge in [0, 0.05) is 24.4 Å². The minimum atomic E-state index is -4.26. The van der Waals surface area contributed by atoms with E-state index in [-0.39, 0.29) is 6.42 Å². The number of aromatic nitrogens is 3.